The van der Waals surface area contributed by atoms with Gasteiger partial charge in [0.2, 0.25) is 0 Å². The van der Waals surface area contributed by atoms with E-state index in [-0.39, 0.29) is 11.7 Å². The molecule has 0 aliphatic heterocycles. The van der Waals surface area contributed by atoms with Crippen molar-refractivity contribution in [2.24, 2.45) is 5.41 Å². The third kappa shape index (κ3) is 8.02. The molecular weight excluding hydrogens is 414 g/mol. The van der Waals surface area contributed by atoms with Crippen LogP contribution in [0.5, 0.6) is 0 Å². The summed E-state index contributed by atoms with van der Waals surface area (Å²) in [5.74, 6) is 0.767. The van der Waals surface area contributed by atoms with E-state index in [2.05, 4.69) is 41.3 Å². The van der Waals surface area contributed by atoms with Crippen molar-refractivity contribution in [3.63, 3.8) is 0 Å². The van der Waals surface area contributed by atoms with E-state index in [0.29, 0.717) is 6.42 Å². The van der Waals surface area contributed by atoms with Crippen LogP contribution in [0.15, 0.2) is 30.5 Å². The van der Waals surface area contributed by atoms with Crippen molar-refractivity contribution in [2.45, 2.75) is 98.6 Å². The Kier molecular flexibility index (Phi) is 8.87. The number of carbonyl (C=O) groups is 2. The summed E-state index contributed by atoms with van der Waals surface area (Å²) in [4.78, 5) is 34.0. The van der Waals surface area contributed by atoms with Crippen molar-refractivity contribution >= 4 is 11.9 Å². The fourth-order valence-corrected chi connectivity index (χ4v) is 3.91. The SMILES string of the molecule is CCCCC(CC(=O)C(NC(=O)OC(C)(C)C)C(C)(C)C)c1ncc(-c2ccccc2C)[nH]1. The average molecular weight is 456 g/mol. The summed E-state index contributed by atoms with van der Waals surface area (Å²) in [6.07, 6.45) is 4.47. The fourth-order valence-electron chi connectivity index (χ4n) is 3.91. The van der Waals surface area contributed by atoms with Gasteiger partial charge in [0.1, 0.15) is 11.4 Å². The van der Waals surface area contributed by atoms with Gasteiger partial charge < -0.3 is 15.0 Å². The first-order valence-corrected chi connectivity index (χ1v) is 11.9. The van der Waals surface area contributed by atoms with E-state index in [4.69, 9.17) is 4.74 Å². The van der Waals surface area contributed by atoms with E-state index in [1.165, 1.54) is 5.56 Å². The number of imidazole rings is 1. The lowest BCUT2D eigenvalue weighted by Crippen LogP contribution is -2.50. The average Bonchev–Trinajstić information content (AvgIpc) is 3.17. The van der Waals surface area contributed by atoms with E-state index in [1.54, 1.807) is 0 Å². The Hall–Kier alpha value is -2.63. The normalized spacial score (nSPS) is 13.9. The second-order valence-corrected chi connectivity index (χ2v) is 11.0. The molecular formula is C27H41N3O3. The third-order valence-electron chi connectivity index (χ3n) is 5.62. The molecule has 2 N–H and O–H groups in total. The molecule has 0 bridgehead atoms. The maximum atomic E-state index is 13.5. The van der Waals surface area contributed by atoms with Gasteiger partial charge in [0, 0.05) is 17.9 Å². The molecule has 1 aromatic carbocycles. The third-order valence-corrected chi connectivity index (χ3v) is 5.62. The molecule has 182 valence electrons. The van der Waals surface area contributed by atoms with Crippen LogP contribution in [0.25, 0.3) is 11.3 Å². The standard InChI is InChI=1S/C27H41N3O3/c1-9-10-14-19(24-28-17-21(29-24)20-15-12-11-13-18(20)2)16-22(31)23(26(3,4)5)30-25(32)33-27(6,7)8/h11-13,15,17,19,23H,9-10,14,16H2,1-8H3,(H,28,29)(H,30,32). The number of amides is 1. The monoisotopic (exact) mass is 455 g/mol. The number of nitrogens with zero attached hydrogens (tertiary/aromatic N) is 1. The summed E-state index contributed by atoms with van der Waals surface area (Å²) in [5.41, 5.74) is 2.16. The smallest absolute Gasteiger partial charge is 0.408 e. The Morgan fingerprint density at radius 1 is 1.12 bits per heavy atom. The van der Waals surface area contributed by atoms with E-state index < -0.39 is 23.2 Å². The zero-order valence-electron chi connectivity index (χ0n) is 21.5. The summed E-state index contributed by atoms with van der Waals surface area (Å²) in [6, 6.07) is 7.52. The highest BCUT2D eigenvalue weighted by atomic mass is 16.6. The van der Waals surface area contributed by atoms with E-state index in [0.717, 1.165) is 36.3 Å². The van der Waals surface area contributed by atoms with Crippen LogP contribution in [-0.4, -0.2) is 33.5 Å². The number of H-pyrrole nitrogens is 1. The predicted molar refractivity (Wildman–Crippen MR) is 133 cm³/mol. The minimum atomic E-state index is -0.651. The van der Waals surface area contributed by atoms with E-state index >= 15 is 0 Å². The van der Waals surface area contributed by atoms with Crippen LogP contribution in [-0.2, 0) is 9.53 Å². The van der Waals surface area contributed by atoms with Crippen molar-refractivity contribution < 1.29 is 14.3 Å². The Morgan fingerprint density at radius 2 is 1.79 bits per heavy atom. The van der Waals surface area contributed by atoms with Crippen LogP contribution in [0, 0.1) is 12.3 Å². The van der Waals surface area contributed by atoms with Crippen molar-refractivity contribution in [3.05, 3.63) is 41.9 Å². The summed E-state index contributed by atoms with van der Waals surface area (Å²) in [6.45, 7) is 15.5. The molecule has 2 atom stereocenters. The van der Waals surface area contributed by atoms with Crippen molar-refractivity contribution in [2.75, 3.05) is 0 Å². The number of aromatic nitrogens is 2. The predicted octanol–water partition coefficient (Wildman–Crippen LogP) is 6.56. The number of unbranched alkanes of at least 4 members (excludes halogenated alkanes) is 1. The second kappa shape index (κ2) is 11.0. The molecule has 33 heavy (non-hydrogen) atoms. The summed E-state index contributed by atoms with van der Waals surface area (Å²) in [7, 11) is 0. The summed E-state index contributed by atoms with van der Waals surface area (Å²) >= 11 is 0. The molecule has 0 spiro atoms. The maximum Gasteiger partial charge on any atom is 0.408 e. The second-order valence-electron chi connectivity index (χ2n) is 11.0. The van der Waals surface area contributed by atoms with Gasteiger partial charge in [-0.15, -0.1) is 0 Å². The number of aromatic amines is 1. The molecule has 2 rings (SSSR count). The van der Waals surface area contributed by atoms with Gasteiger partial charge in [0.25, 0.3) is 0 Å². The van der Waals surface area contributed by atoms with Crippen LogP contribution in [0.1, 0.15) is 91.5 Å². The number of aryl methyl sites for hydroxylation is 1. The molecule has 6 nitrogen and oxygen atoms in total. The highest BCUT2D eigenvalue weighted by Crippen LogP contribution is 2.30. The largest absolute Gasteiger partial charge is 0.444 e. The lowest BCUT2D eigenvalue weighted by atomic mass is 9.81. The number of alkyl carbamates (subject to hydrolysis) is 1. The van der Waals surface area contributed by atoms with Crippen molar-refractivity contribution in [3.8, 4) is 11.3 Å². The number of hydrogen-bond donors (Lipinski definition) is 2. The van der Waals surface area contributed by atoms with Gasteiger partial charge in [0.05, 0.1) is 17.9 Å². The zero-order chi connectivity index (χ0) is 24.8. The van der Waals surface area contributed by atoms with Crippen molar-refractivity contribution in [1.82, 2.24) is 15.3 Å². The molecule has 6 heteroatoms. The molecule has 0 aliphatic carbocycles. The molecule has 1 heterocycles. The minimum absolute atomic E-state index is 0.0108. The van der Waals surface area contributed by atoms with Crippen LogP contribution in [0.3, 0.4) is 0 Å². The summed E-state index contributed by atoms with van der Waals surface area (Å²) < 4.78 is 5.41. The van der Waals surface area contributed by atoms with Crippen molar-refractivity contribution in [1.29, 1.82) is 0 Å². The first-order chi connectivity index (χ1) is 15.3. The molecule has 2 unspecified atom stereocenters. The number of benzene rings is 1. The zero-order valence-corrected chi connectivity index (χ0v) is 21.5. The highest BCUT2D eigenvalue weighted by Gasteiger charge is 2.35. The Labute approximate surface area is 198 Å². The number of hydrogen-bond acceptors (Lipinski definition) is 4. The Morgan fingerprint density at radius 3 is 2.36 bits per heavy atom. The van der Waals surface area contributed by atoms with E-state index in [1.807, 2.05) is 59.9 Å². The maximum absolute atomic E-state index is 13.5. The first kappa shape index (κ1) is 26.6. The van der Waals surface area contributed by atoms with Gasteiger partial charge in [-0.3, -0.25) is 4.79 Å². The molecule has 1 amide bonds. The quantitative estimate of drug-likeness (QED) is 0.448. The molecule has 0 fully saturated rings. The Balaban J connectivity index is 2.24. The minimum Gasteiger partial charge on any atom is -0.444 e. The van der Waals surface area contributed by atoms with Crippen LogP contribution in [0.2, 0.25) is 0 Å². The number of ether oxygens (including phenoxy) is 1. The van der Waals surface area contributed by atoms with Crippen LogP contribution >= 0.6 is 0 Å². The van der Waals surface area contributed by atoms with Gasteiger partial charge >= 0.3 is 6.09 Å². The molecule has 0 saturated heterocycles. The number of rotatable bonds is 9. The van der Waals surface area contributed by atoms with Gasteiger partial charge in [-0.1, -0.05) is 64.8 Å². The number of ketones is 1. The van der Waals surface area contributed by atoms with Gasteiger partial charge in [-0.25, -0.2) is 9.78 Å². The molecule has 0 aliphatic rings. The first-order valence-electron chi connectivity index (χ1n) is 11.9. The van der Waals surface area contributed by atoms with Gasteiger partial charge in [0.15, 0.2) is 5.78 Å². The molecule has 0 radical (unpaired) electrons. The lowest BCUT2D eigenvalue weighted by Gasteiger charge is -2.32. The van der Waals surface area contributed by atoms with E-state index in [9.17, 15) is 9.59 Å². The molecule has 2 aromatic rings. The number of nitrogens with one attached hydrogen (secondary N) is 2. The van der Waals surface area contributed by atoms with Crippen LogP contribution in [0.4, 0.5) is 4.79 Å². The fraction of sp³-hybridized carbons (Fsp3) is 0.593. The Bertz CT molecular complexity index is 935. The lowest BCUT2D eigenvalue weighted by molar-refractivity contribution is -0.124. The highest BCUT2D eigenvalue weighted by molar-refractivity contribution is 5.88. The van der Waals surface area contributed by atoms with Crippen LogP contribution < -0.4 is 5.32 Å². The van der Waals surface area contributed by atoms with Gasteiger partial charge in [-0.2, -0.15) is 0 Å². The number of Topliss-reactive ketones (excluding diaryl/α,β-unsaturated/α-hetero) is 1. The summed E-state index contributed by atoms with van der Waals surface area (Å²) in [5, 5.41) is 2.82. The molecule has 1 aromatic heterocycles. The molecule has 0 saturated carbocycles. The number of carbonyl (C=O) groups excluding carboxylic acids is 2. The van der Waals surface area contributed by atoms with Gasteiger partial charge in [-0.05, 0) is 45.1 Å². The topological polar surface area (TPSA) is 84.1 Å².